The molecule has 1 amide bonds. The summed E-state index contributed by atoms with van der Waals surface area (Å²) in [5, 5.41) is 9.33. The lowest BCUT2D eigenvalue weighted by molar-refractivity contribution is -0.115. The number of nitrogens with two attached hydrogens (primary N) is 1. The molecule has 3 N–H and O–H groups in total. The lowest BCUT2D eigenvalue weighted by Crippen LogP contribution is -2.24. The fraction of sp³-hybridized carbons (Fsp3) is 0.182. The molecule has 0 saturated heterocycles. The van der Waals surface area contributed by atoms with Gasteiger partial charge in [-0.2, -0.15) is 0 Å². The van der Waals surface area contributed by atoms with Gasteiger partial charge < -0.3 is 11.2 Å². The van der Waals surface area contributed by atoms with Crippen molar-refractivity contribution in [3.8, 4) is 0 Å². The second-order valence-electron chi connectivity index (χ2n) is 3.89. The van der Waals surface area contributed by atoms with E-state index >= 15 is 0 Å². The van der Waals surface area contributed by atoms with Gasteiger partial charge in [0.15, 0.2) is 0 Å². The van der Waals surface area contributed by atoms with E-state index in [-0.39, 0.29) is 5.69 Å². The summed E-state index contributed by atoms with van der Waals surface area (Å²) in [6.07, 6.45) is 1.29. The van der Waals surface area contributed by atoms with Crippen LogP contribution in [-0.4, -0.2) is 26.0 Å². The van der Waals surface area contributed by atoms with Crippen LogP contribution >= 0.6 is 11.8 Å². The van der Waals surface area contributed by atoms with Crippen LogP contribution in [0, 0.1) is 11.6 Å². The average Bonchev–Trinajstić information content (AvgIpc) is 2.79. The number of hydrogen-bond acceptors (Lipinski definition) is 5. The van der Waals surface area contributed by atoms with Gasteiger partial charge >= 0.3 is 0 Å². The third-order valence-electron chi connectivity index (χ3n) is 2.38. The number of carbonyl (C=O) groups excluding carboxylic acids is 1. The van der Waals surface area contributed by atoms with E-state index in [1.807, 2.05) is 0 Å². The Balaban J connectivity index is 2.04. The van der Waals surface area contributed by atoms with E-state index < -0.39 is 22.8 Å². The first-order valence-electron chi connectivity index (χ1n) is 5.55. The van der Waals surface area contributed by atoms with Gasteiger partial charge in [-0.05, 0) is 19.1 Å². The Morgan fingerprint density at radius 3 is 2.90 bits per heavy atom. The second kappa shape index (κ2) is 5.87. The van der Waals surface area contributed by atoms with Gasteiger partial charge in [0.05, 0.1) is 10.9 Å². The highest BCUT2D eigenvalue weighted by atomic mass is 32.2. The first-order chi connectivity index (χ1) is 9.47. The molecule has 1 aromatic carbocycles. The largest absolute Gasteiger partial charge is 0.336 e. The Hall–Kier alpha value is -2.16. The summed E-state index contributed by atoms with van der Waals surface area (Å²) in [7, 11) is 0. The van der Waals surface area contributed by atoms with Crippen LogP contribution in [0.15, 0.2) is 29.7 Å². The molecule has 0 aliphatic carbocycles. The molecule has 0 saturated carbocycles. The van der Waals surface area contributed by atoms with Gasteiger partial charge in [-0.15, -0.1) is 10.2 Å². The van der Waals surface area contributed by atoms with E-state index in [4.69, 9.17) is 5.84 Å². The average molecular weight is 299 g/mol. The molecule has 2 rings (SSSR count). The van der Waals surface area contributed by atoms with Crippen molar-refractivity contribution >= 4 is 23.4 Å². The lowest BCUT2D eigenvalue weighted by atomic mass is 10.3. The summed E-state index contributed by atoms with van der Waals surface area (Å²) in [4.78, 5) is 11.9. The molecule has 0 bridgehead atoms. The summed E-state index contributed by atoms with van der Waals surface area (Å²) in [5.41, 5.74) is -0.211. The monoisotopic (exact) mass is 299 g/mol. The Morgan fingerprint density at radius 2 is 2.25 bits per heavy atom. The Kier molecular flexibility index (Phi) is 4.18. The van der Waals surface area contributed by atoms with Crippen molar-refractivity contribution in [2.75, 3.05) is 11.2 Å². The van der Waals surface area contributed by atoms with E-state index in [1.165, 1.54) is 6.33 Å². The molecule has 1 atom stereocenters. The maximum atomic E-state index is 13.4. The molecule has 20 heavy (non-hydrogen) atoms. The third-order valence-corrected chi connectivity index (χ3v) is 3.45. The number of nitrogens with zero attached hydrogens (tertiary/aromatic N) is 3. The number of amides is 1. The van der Waals surface area contributed by atoms with Crippen molar-refractivity contribution in [3.63, 3.8) is 0 Å². The van der Waals surface area contributed by atoms with Crippen molar-refractivity contribution in [3.05, 3.63) is 36.2 Å². The maximum Gasteiger partial charge on any atom is 0.237 e. The second-order valence-corrected chi connectivity index (χ2v) is 5.20. The van der Waals surface area contributed by atoms with Crippen molar-refractivity contribution in [1.82, 2.24) is 14.9 Å². The molecule has 0 spiro atoms. The van der Waals surface area contributed by atoms with Crippen LogP contribution < -0.4 is 11.2 Å². The van der Waals surface area contributed by atoms with Crippen LogP contribution in [0.4, 0.5) is 14.5 Å². The predicted molar refractivity (Wildman–Crippen MR) is 70.5 cm³/mol. The smallest absolute Gasteiger partial charge is 0.237 e. The highest BCUT2D eigenvalue weighted by Gasteiger charge is 2.18. The molecule has 6 nitrogen and oxygen atoms in total. The fourth-order valence-corrected chi connectivity index (χ4v) is 2.10. The van der Waals surface area contributed by atoms with Gasteiger partial charge in [0, 0.05) is 6.07 Å². The number of thioether (sulfide) groups is 1. The van der Waals surface area contributed by atoms with E-state index in [0.717, 1.165) is 34.6 Å². The zero-order chi connectivity index (χ0) is 14.7. The van der Waals surface area contributed by atoms with Crippen LogP contribution in [0.25, 0.3) is 0 Å². The zero-order valence-corrected chi connectivity index (χ0v) is 11.2. The highest BCUT2D eigenvalue weighted by molar-refractivity contribution is 8.00. The van der Waals surface area contributed by atoms with E-state index in [0.29, 0.717) is 5.16 Å². The molecule has 0 fully saturated rings. The number of benzene rings is 1. The Labute approximate surface area is 117 Å². The lowest BCUT2D eigenvalue weighted by Gasteiger charge is -2.11. The molecule has 9 heteroatoms. The quantitative estimate of drug-likeness (QED) is 0.658. The van der Waals surface area contributed by atoms with Crippen LogP contribution in [0.3, 0.4) is 0 Å². The molecule has 1 heterocycles. The summed E-state index contributed by atoms with van der Waals surface area (Å²) in [5.74, 6) is 3.67. The summed E-state index contributed by atoms with van der Waals surface area (Å²) >= 11 is 1.05. The zero-order valence-electron chi connectivity index (χ0n) is 10.4. The number of hydrogen-bond donors (Lipinski definition) is 2. The Morgan fingerprint density at radius 1 is 1.50 bits per heavy atom. The van der Waals surface area contributed by atoms with E-state index in [9.17, 15) is 13.6 Å². The standard InChI is InChI=1S/C11H11F2N5OS/c1-6(20-11-17-15-5-18(11)14)10(19)16-9-4-7(12)2-3-8(9)13/h2-6H,14H2,1H3,(H,16,19)/t6-/m0/s1. The number of halogens is 2. The third kappa shape index (κ3) is 3.23. The van der Waals surface area contributed by atoms with Crippen molar-refractivity contribution in [2.45, 2.75) is 17.3 Å². The van der Waals surface area contributed by atoms with Gasteiger partial charge in [0.2, 0.25) is 11.1 Å². The molecule has 1 aromatic heterocycles. The maximum absolute atomic E-state index is 13.4. The molecule has 0 aliphatic rings. The normalized spacial score (nSPS) is 12.2. The molecule has 0 aliphatic heterocycles. The van der Waals surface area contributed by atoms with Crippen LogP contribution in [0.2, 0.25) is 0 Å². The summed E-state index contributed by atoms with van der Waals surface area (Å²) in [6, 6.07) is 2.83. The minimum atomic E-state index is -0.709. The van der Waals surface area contributed by atoms with Gasteiger partial charge in [-0.3, -0.25) is 4.79 Å². The minimum absolute atomic E-state index is 0.211. The van der Waals surface area contributed by atoms with Crippen molar-refractivity contribution < 1.29 is 13.6 Å². The molecular formula is C11H11F2N5OS. The van der Waals surface area contributed by atoms with Crippen molar-refractivity contribution in [1.29, 1.82) is 0 Å². The first-order valence-corrected chi connectivity index (χ1v) is 6.43. The molecule has 0 radical (unpaired) electrons. The fourth-order valence-electron chi connectivity index (χ4n) is 1.36. The molecule has 0 unspecified atom stereocenters. The topological polar surface area (TPSA) is 85.8 Å². The van der Waals surface area contributed by atoms with E-state index in [1.54, 1.807) is 6.92 Å². The molecule has 106 valence electrons. The summed E-state index contributed by atoms with van der Waals surface area (Å²) < 4.78 is 27.6. The van der Waals surface area contributed by atoms with Gasteiger partial charge in [-0.1, -0.05) is 11.8 Å². The predicted octanol–water partition coefficient (Wildman–Crippen LogP) is 1.39. The van der Waals surface area contributed by atoms with Crippen molar-refractivity contribution in [2.24, 2.45) is 0 Å². The highest BCUT2D eigenvalue weighted by Crippen LogP contribution is 2.22. The van der Waals surface area contributed by atoms with Crippen LogP contribution in [-0.2, 0) is 4.79 Å². The molecular weight excluding hydrogens is 288 g/mol. The minimum Gasteiger partial charge on any atom is -0.336 e. The number of anilines is 1. The van der Waals surface area contributed by atoms with Gasteiger partial charge in [0.1, 0.15) is 18.0 Å². The number of nitrogens with one attached hydrogen (secondary N) is 1. The Bertz CT molecular complexity index is 633. The number of aromatic nitrogens is 3. The SMILES string of the molecule is C[C@H](Sc1nncn1N)C(=O)Nc1cc(F)ccc1F. The first kappa shape index (κ1) is 14.3. The van der Waals surface area contributed by atoms with Gasteiger partial charge in [0.25, 0.3) is 0 Å². The van der Waals surface area contributed by atoms with E-state index in [2.05, 4.69) is 15.5 Å². The number of rotatable bonds is 4. The number of nitrogen functional groups attached to an aromatic ring is 1. The van der Waals surface area contributed by atoms with Crippen LogP contribution in [0.5, 0.6) is 0 Å². The number of carbonyl (C=O) groups is 1. The summed E-state index contributed by atoms with van der Waals surface area (Å²) in [6.45, 7) is 1.59. The van der Waals surface area contributed by atoms with Crippen LogP contribution in [0.1, 0.15) is 6.92 Å². The molecule has 2 aromatic rings. The van der Waals surface area contributed by atoms with Gasteiger partial charge in [-0.25, -0.2) is 13.5 Å².